The summed E-state index contributed by atoms with van der Waals surface area (Å²) in [6.45, 7) is 1.37. The molecule has 0 aliphatic rings. The zero-order valence-electron chi connectivity index (χ0n) is 20.3. The second kappa shape index (κ2) is 10.7. The number of benzene rings is 3. The average molecular weight is 631 g/mol. The molecule has 0 unspecified atom stereocenters. The summed E-state index contributed by atoms with van der Waals surface area (Å²) in [5.74, 6) is -0.459. The Morgan fingerprint density at radius 2 is 1.97 bits per heavy atom. The van der Waals surface area contributed by atoms with Crippen LogP contribution in [0.5, 0.6) is 11.5 Å². The van der Waals surface area contributed by atoms with E-state index in [1.807, 2.05) is 0 Å². The smallest absolute Gasteiger partial charge is 0.344 e. The summed E-state index contributed by atoms with van der Waals surface area (Å²) in [5.41, 5.74) is 1.05. The number of hydrogen-bond acceptors (Lipinski definition) is 7. The monoisotopic (exact) mass is 629 g/mol. The molecule has 5 aromatic rings. The number of rotatable bonds is 7. The highest BCUT2D eigenvalue weighted by Gasteiger charge is 2.22. The van der Waals surface area contributed by atoms with Crippen LogP contribution in [0.2, 0.25) is 10.0 Å². The standard InChI is InChI=1S/C27H18BrCl2N3O6/c1-13(27(35)36)38-24-20(37-2)11-15(22(28)23(24)30)12-31-33-25(32-18-6-4-3-5-17(18)26(33)34)21-10-14-9-16(29)7-8-19(14)39-21/h3-13H,1-2H3,(H,35,36)/t13-/m1/s1. The molecule has 12 heteroatoms. The van der Waals surface area contributed by atoms with Crippen LogP contribution >= 0.6 is 39.1 Å². The van der Waals surface area contributed by atoms with Crippen molar-refractivity contribution in [3.63, 3.8) is 0 Å². The lowest BCUT2D eigenvalue weighted by molar-refractivity contribution is -0.144. The number of fused-ring (bicyclic) bond motifs is 2. The van der Waals surface area contributed by atoms with Crippen LogP contribution in [-0.2, 0) is 4.79 Å². The van der Waals surface area contributed by atoms with Crippen LogP contribution in [0.25, 0.3) is 33.5 Å². The number of halogens is 3. The third-order valence-electron chi connectivity index (χ3n) is 5.78. The van der Waals surface area contributed by atoms with Crippen LogP contribution in [0.15, 0.2) is 73.4 Å². The molecule has 1 N–H and O–H groups in total. The predicted octanol–water partition coefficient (Wildman–Crippen LogP) is 6.62. The Morgan fingerprint density at radius 1 is 1.21 bits per heavy atom. The van der Waals surface area contributed by atoms with Gasteiger partial charge in [0.2, 0.25) is 5.82 Å². The molecule has 2 heterocycles. The lowest BCUT2D eigenvalue weighted by Gasteiger charge is -2.17. The summed E-state index contributed by atoms with van der Waals surface area (Å²) in [7, 11) is 1.39. The third-order valence-corrected chi connectivity index (χ3v) is 7.46. The van der Waals surface area contributed by atoms with Gasteiger partial charge in [-0.05, 0) is 65.3 Å². The van der Waals surface area contributed by atoms with Gasteiger partial charge < -0.3 is 19.0 Å². The van der Waals surface area contributed by atoms with Gasteiger partial charge in [-0.25, -0.2) is 9.78 Å². The first-order valence-electron chi connectivity index (χ1n) is 11.4. The largest absolute Gasteiger partial charge is 0.493 e. The van der Waals surface area contributed by atoms with E-state index in [2.05, 4.69) is 26.0 Å². The Bertz CT molecular complexity index is 1850. The number of carbonyl (C=O) groups is 1. The number of para-hydroxylation sites is 1. The molecular formula is C27H18BrCl2N3O6. The molecule has 0 aliphatic carbocycles. The summed E-state index contributed by atoms with van der Waals surface area (Å²) in [4.78, 5) is 29.5. The lowest BCUT2D eigenvalue weighted by Crippen LogP contribution is -2.23. The highest BCUT2D eigenvalue weighted by Crippen LogP contribution is 2.42. The van der Waals surface area contributed by atoms with Gasteiger partial charge in [-0.15, -0.1) is 0 Å². The quantitative estimate of drug-likeness (QED) is 0.201. The fourth-order valence-electron chi connectivity index (χ4n) is 3.82. The number of nitrogens with zero attached hydrogens (tertiary/aromatic N) is 3. The summed E-state index contributed by atoms with van der Waals surface area (Å²) < 4.78 is 18.3. The molecule has 5 rings (SSSR count). The molecule has 3 aromatic carbocycles. The molecule has 0 radical (unpaired) electrons. The predicted molar refractivity (Wildman–Crippen MR) is 153 cm³/mol. The first-order chi connectivity index (χ1) is 18.7. The number of aromatic nitrogens is 2. The van der Waals surface area contributed by atoms with E-state index in [1.54, 1.807) is 54.6 Å². The molecule has 0 saturated heterocycles. The van der Waals surface area contributed by atoms with Gasteiger partial charge in [-0.1, -0.05) is 35.3 Å². The molecule has 0 aliphatic heterocycles. The van der Waals surface area contributed by atoms with Gasteiger partial charge in [0.15, 0.2) is 23.4 Å². The number of furan rings is 1. The maximum Gasteiger partial charge on any atom is 0.344 e. The number of carboxylic acid groups (broad SMARTS) is 1. The fraction of sp³-hybridized carbons (Fsp3) is 0.111. The average Bonchev–Trinajstić information content (AvgIpc) is 3.34. The summed E-state index contributed by atoms with van der Waals surface area (Å²) in [5, 5.41) is 15.4. The highest BCUT2D eigenvalue weighted by atomic mass is 79.9. The minimum absolute atomic E-state index is 0.0456. The Kier molecular flexibility index (Phi) is 7.35. The first-order valence-corrected chi connectivity index (χ1v) is 12.9. The van der Waals surface area contributed by atoms with E-state index in [0.29, 0.717) is 37.3 Å². The van der Waals surface area contributed by atoms with E-state index in [1.165, 1.54) is 20.2 Å². The Labute approximate surface area is 239 Å². The molecule has 9 nitrogen and oxygen atoms in total. The number of ether oxygens (including phenoxy) is 2. The van der Waals surface area contributed by atoms with Crippen LogP contribution in [0.1, 0.15) is 12.5 Å². The molecule has 0 saturated carbocycles. The molecule has 0 amide bonds. The normalized spacial score (nSPS) is 12.3. The topological polar surface area (TPSA) is 116 Å². The molecule has 39 heavy (non-hydrogen) atoms. The third kappa shape index (κ3) is 5.10. The first kappa shape index (κ1) is 26.7. The zero-order valence-corrected chi connectivity index (χ0v) is 23.4. The zero-order chi connectivity index (χ0) is 27.8. The lowest BCUT2D eigenvalue weighted by atomic mass is 10.2. The molecule has 0 fully saturated rings. The minimum atomic E-state index is -1.17. The summed E-state index contributed by atoms with van der Waals surface area (Å²) >= 11 is 16.0. The maximum atomic E-state index is 13.5. The van der Waals surface area contributed by atoms with E-state index in [9.17, 15) is 14.7 Å². The van der Waals surface area contributed by atoms with E-state index < -0.39 is 17.6 Å². The van der Waals surface area contributed by atoms with E-state index in [0.717, 1.165) is 10.1 Å². The molecule has 0 bridgehead atoms. The van der Waals surface area contributed by atoms with E-state index >= 15 is 0 Å². The molecule has 198 valence electrons. The van der Waals surface area contributed by atoms with Crippen LogP contribution in [-0.4, -0.2) is 40.2 Å². The maximum absolute atomic E-state index is 13.5. The van der Waals surface area contributed by atoms with Crippen molar-refractivity contribution >= 4 is 73.2 Å². The van der Waals surface area contributed by atoms with Crippen LogP contribution in [0, 0.1) is 0 Å². The van der Waals surface area contributed by atoms with Gasteiger partial charge in [0.1, 0.15) is 10.6 Å². The fourth-order valence-corrected chi connectivity index (χ4v) is 4.65. The molecule has 0 spiro atoms. The van der Waals surface area contributed by atoms with Crippen molar-refractivity contribution in [3.05, 3.63) is 85.0 Å². The van der Waals surface area contributed by atoms with Crippen LogP contribution in [0.4, 0.5) is 0 Å². The van der Waals surface area contributed by atoms with Crippen molar-refractivity contribution in [2.24, 2.45) is 5.10 Å². The van der Waals surface area contributed by atoms with Gasteiger partial charge in [-0.2, -0.15) is 9.78 Å². The van der Waals surface area contributed by atoms with Gasteiger partial charge in [0, 0.05) is 20.4 Å². The number of aliphatic carboxylic acids is 1. The van der Waals surface area contributed by atoms with E-state index in [-0.39, 0.29) is 22.3 Å². The Hall–Kier alpha value is -3.86. The van der Waals surface area contributed by atoms with Crippen molar-refractivity contribution in [3.8, 4) is 23.1 Å². The van der Waals surface area contributed by atoms with E-state index in [4.69, 9.17) is 37.1 Å². The Morgan fingerprint density at radius 3 is 2.72 bits per heavy atom. The van der Waals surface area contributed by atoms with Crippen molar-refractivity contribution in [2.45, 2.75) is 13.0 Å². The minimum Gasteiger partial charge on any atom is -0.493 e. The van der Waals surface area contributed by atoms with Crippen molar-refractivity contribution in [1.82, 2.24) is 9.66 Å². The second-order valence-corrected chi connectivity index (χ2v) is 9.94. The number of methoxy groups -OCH3 is 1. The molecule has 2 aromatic heterocycles. The Balaban J connectivity index is 1.66. The van der Waals surface area contributed by atoms with Gasteiger partial charge in [0.05, 0.1) is 24.2 Å². The van der Waals surface area contributed by atoms with Gasteiger partial charge in [0.25, 0.3) is 5.56 Å². The number of hydrogen-bond donors (Lipinski definition) is 1. The van der Waals surface area contributed by atoms with Crippen molar-refractivity contribution < 1.29 is 23.8 Å². The van der Waals surface area contributed by atoms with Crippen molar-refractivity contribution in [1.29, 1.82) is 0 Å². The highest BCUT2D eigenvalue weighted by molar-refractivity contribution is 9.10. The summed E-state index contributed by atoms with van der Waals surface area (Å²) in [6, 6.07) is 15.4. The van der Waals surface area contributed by atoms with Gasteiger partial charge in [-0.3, -0.25) is 4.79 Å². The van der Waals surface area contributed by atoms with Crippen LogP contribution < -0.4 is 15.0 Å². The SMILES string of the molecule is COc1cc(C=Nn2c(-c3cc4cc(Cl)ccc4o3)nc3ccccc3c2=O)c(Br)c(Cl)c1O[C@H](C)C(=O)O. The number of carboxylic acids is 1. The summed E-state index contributed by atoms with van der Waals surface area (Å²) in [6.07, 6.45) is 0.218. The second-order valence-electron chi connectivity index (χ2n) is 8.33. The van der Waals surface area contributed by atoms with Gasteiger partial charge >= 0.3 is 5.97 Å². The molecule has 1 atom stereocenters. The van der Waals surface area contributed by atoms with Crippen molar-refractivity contribution in [2.75, 3.05) is 7.11 Å². The molecular weight excluding hydrogens is 613 g/mol. The van der Waals surface area contributed by atoms with Crippen LogP contribution in [0.3, 0.4) is 0 Å².